The van der Waals surface area contributed by atoms with Gasteiger partial charge in [0.05, 0.1) is 25.1 Å². The lowest BCUT2D eigenvalue weighted by molar-refractivity contribution is -0.670. The van der Waals surface area contributed by atoms with Gasteiger partial charge in [-0.3, -0.25) is 9.69 Å². The zero-order valence-electron chi connectivity index (χ0n) is 17.7. The molecule has 2 fully saturated rings. The van der Waals surface area contributed by atoms with Gasteiger partial charge in [0.25, 0.3) is 6.33 Å². The van der Waals surface area contributed by atoms with Gasteiger partial charge < -0.3 is 33.5 Å². The van der Waals surface area contributed by atoms with Crippen molar-refractivity contribution in [1.82, 2.24) is 9.47 Å². The number of hydrogen-bond acceptors (Lipinski definition) is 4. The van der Waals surface area contributed by atoms with Gasteiger partial charge in [-0.2, -0.15) is 4.57 Å². The van der Waals surface area contributed by atoms with Gasteiger partial charge in [0.15, 0.2) is 0 Å². The molecule has 2 saturated heterocycles. The second-order valence-electron chi connectivity index (χ2n) is 8.02. The lowest BCUT2D eigenvalue weighted by Gasteiger charge is -2.37. The van der Waals surface area contributed by atoms with Crippen LogP contribution in [0, 0.1) is 0 Å². The second kappa shape index (κ2) is 10.2. The van der Waals surface area contributed by atoms with Crippen molar-refractivity contribution in [3.05, 3.63) is 47.5 Å². The number of amides is 1. The zero-order chi connectivity index (χ0) is 21.3. The molecule has 0 radical (unpaired) electrons. The minimum Gasteiger partial charge on any atom is -1.00 e. The Morgan fingerprint density at radius 3 is 2.52 bits per heavy atom. The SMILES string of the molecule is CCOC(=O)Cc1ccc(OC2CC3CCC(C2)N3C(=O)n2cc[n+](C)c2)c(Cl)c1.[I-]. The first-order chi connectivity index (χ1) is 14.4. The molecular weight excluding hydrogens is 533 g/mol. The van der Waals surface area contributed by atoms with Gasteiger partial charge in [0.2, 0.25) is 0 Å². The van der Waals surface area contributed by atoms with Crippen molar-refractivity contribution >= 4 is 23.6 Å². The van der Waals surface area contributed by atoms with Gasteiger partial charge in [-0.15, -0.1) is 0 Å². The number of piperidine rings is 1. The van der Waals surface area contributed by atoms with Crippen molar-refractivity contribution in [1.29, 1.82) is 0 Å². The van der Waals surface area contributed by atoms with Crippen LogP contribution in [0.15, 0.2) is 36.9 Å². The molecule has 0 spiro atoms. The number of carbonyl (C=O) groups is 2. The van der Waals surface area contributed by atoms with Crippen molar-refractivity contribution < 1.29 is 47.6 Å². The Morgan fingerprint density at radius 2 is 1.94 bits per heavy atom. The Kier molecular flexibility index (Phi) is 7.85. The molecule has 2 atom stereocenters. The minimum atomic E-state index is -0.271. The number of halogens is 2. The summed E-state index contributed by atoms with van der Waals surface area (Å²) >= 11 is 6.41. The molecule has 1 aromatic heterocycles. The number of nitrogens with zero attached hydrogens (tertiary/aromatic N) is 3. The number of esters is 1. The van der Waals surface area contributed by atoms with Crippen LogP contribution in [0.5, 0.6) is 5.75 Å². The summed E-state index contributed by atoms with van der Waals surface area (Å²) in [5, 5.41) is 0.488. The molecule has 7 nitrogen and oxygen atoms in total. The van der Waals surface area contributed by atoms with E-state index in [1.54, 1.807) is 30.1 Å². The molecule has 3 heterocycles. The molecule has 2 aliphatic heterocycles. The Hall–Kier alpha value is -1.81. The van der Waals surface area contributed by atoms with Crippen LogP contribution in [-0.4, -0.2) is 46.3 Å². The monoisotopic (exact) mass is 559 g/mol. The Bertz CT molecular complexity index is 937. The molecule has 0 aliphatic carbocycles. The normalized spacial score (nSPS) is 22.0. The number of ether oxygens (including phenoxy) is 2. The number of fused-ring (bicyclic) bond motifs is 2. The summed E-state index contributed by atoms with van der Waals surface area (Å²) in [4.78, 5) is 26.6. The van der Waals surface area contributed by atoms with Gasteiger partial charge >= 0.3 is 12.0 Å². The second-order valence-corrected chi connectivity index (χ2v) is 8.43. The standard InChI is InChI=1S/C22H27ClN3O4.HI/c1-3-29-21(27)11-15-4-7-20(19(23)10-15)30-18-12-16-5-6-17(13-18)26(16)22(28)25-9-8-24(2)14-25;/h4,7-10,14,16-18H,3,5-6,11-13H2,1-2H3;1H/q+1;/p-1. The van der Waals surface area contributed by atoms with Gasteiger partial charge in [0, 0.05) is 24.9 Å². The summed E-state index contributed by atoms with van der Waals surface area (Å²) < 4.78 is 14.7. The highest BCUT2D eigenvalue weighted by atomic mass is 127. The predicted octanol–water partition coefficient (Wildman–Crippen LogP) is 0.118. The number of benzene rings is 1. The van der Waals surface area contributed by atoms with Crippen LogP contribution in [0.25, 0.3) is 0 Å². The fourth-order valence-corrected chi connectivity index (χ4v) is 4.79. The first-order valence-corrected chi connectivity index (χ1v) is 10.8. The number of aromatic nitrogens is 2. The van der Waals surface area contributed by atoms with E-state index in [0.717, 1.165) is 31.2 Å². The maximum Gasteiger partial charge on any atom is 0.416 e. The maximum absolute atomic E-state index is 12.9. The summed E-state index contributed by atoms with van der Waals surface area (Å²) in [6.07, 6.45) is 9.22. The summed E-state index contributed by atoms with van der Waals surface area (Å²) in [5.41, 5.74) is 0.797. The topological polar surface area (TPSA) is 64.7 Å². The van der Waals surface area contributed by atoms with E-state index in [-0.39, 0.29) is 60.6 Å². The molecule has 2 aromatic rings. The molecule has 31 heavy (non-hydrogen) atoms. The van der Waals surface area contributed by atoms with Crippen LogP contribution in [-0.2, 0) is 23.0 Å². The first-order valence-electron chi connectivity index (χ1n) is 10.4. The summed E-state index contributed by atoms with van der Waals surface area (Å²) in [6.45, 7) is 2.15. The van der Waals surface area contributed by atoms with Gasteiger partial charge in [-0.25, -0.2) is 9.36 Å². The van der Waals surface area contributed by atoms with E-state index < -0.39 is 0 Å². The molecule has 1 aromatic carbocycles. The largest absolute Gasteiger partial charge is 1.00 e. The molecule has 1 amide bonds. The molecule has 2 aliphatic rings. The molecule has 4 rings (SSSR count). The van der Waals surface area contributed by atoms with Gasteiger partial charge in [-0.1, -0.05) is 17.7 Å². The lowest BCUT2D eigenvalue weighted by atomic mass is 10.00. The lowest BCUT2D eigenvalue weighted by Crippen LogP contribution is -3.00. The fraction of sp³-hybridized carbons (Fsp3) is 0.500. The van der Waals surface area contributed by atoms with Crippen LogP contribution in [0.1, 0.15) is 38.2 Å². The van der Waals surface area contributed by atoms with E-state index in [4.69, 9.17) is 21.1 Å². The number of imidazole rings is 1. The third kappa shape index (κ3) is 5.34. The van der Waals surface area contributed by atoms with Crippen LogP contribution in [0.2, 0.25) is 5.02 Å². The van der Waals surface area contributed by atoms with E-state index in [9.17, 15) is 9.59 Å². The average molecular weight is 560 g/mol. The van der Waals surface area contributed by atoms with Crippen molar-refractivity contribution in [2.75, 3.05) is 6.61 Å². The number of hydrogen-bond donors (Lipinski definition) is 0. The fourth-order valence-electron chi connectivity index (χ4n) is 4.54. The Balaban J connectivity index is 0.00000272. The van der Waals surface area contributed by atoms with E-state index in [0.29, 0.717) is 17.4 Å². The van der Waals surface area contributed by atoms with Gasteiger partial charge in [-0.05, 0) is 37.5 Å². The van der Waals surface area contributed by atoms with Crippen LogP contribution < -0.4 is 33.3 Å². The predicted molar refractivity (Wildman–Crippen MR) is 110 cm³/mol. The van der Waals surface area contributed by atoms with E-state index >= 15 is 0 Å². The van der Waals surface area contributed by atoms with Crippen LogP contribution >= 0.6 is 11.6 Å². The molecule has 9 heteroatoms. The first kappa shape index (κ1) is 23.8. The van der Waals surface area contributed by atoms with E-state index in [2.05, 4.69) is 0 Å². The van der Waals surface area contributed by atoms with E-state index in [1.165, 1.54) is 0 Å². The molecule has 2 unspecified atom stereocenters. The molecule has 0 saturated carbocycles. The Labute approximate surface area is 204 Å². The number of carbonyl (C=O) groups excluding carboxylic acids is 2. The van der Waals surface area contributed by atoms with Crippen LogP contribution in [0.4, 0.5) is 4.79 Å². The average Bonchev–Trinajstić information content (AvgIpc) is 3.24. The summed E-state index contributed by atoms with van der Waals surface area (Å²) in [6, 6.07) is 5.80. The molecular formula is C22H27ClIN3O4. The van der Waals surface area contributed by atoms with Gasteiger partial charge in [0.1, 0.15) is 24.2 Å². The highest BCUT2D eigenvalue weighted by Crippen LogP contribution is 2.38. The minimum absolute atomic E-state index is 0. The quantitative estimate of drug-likeness (QED) is 0.297. The smallest absolute Gasteiger partial charge is 0.416 e. The highest BCUT2D eigenvalue weighted by Gasteiger charge is 2.46. The zero-order valence-corrected chi connectivity index (χ0v) is 20.6. The molecule has 2 bridgehead atoms. The summed E-state index contributed by atoms with van der Waals surface area (Å²) in [7, 11) is 1.90. The maximum atomic E-state index is 12.9. The Morgan fingerprint density at radius 1 is 1.23 bits per heavy atom. The molecule has 168 valence electrons. The summed E-state index contributed by atoms with van der Waals surface area (Å²) in [5.74, 6) is 0.345. The van der Waals surface area contributed by atoms with Crippen molar-refractivity contribution in [2.24, 2.45) is 7.05 Å². The third-order valence-electron chi connectivity index (χ3n) is 5.84. The highest BCUT2D eigenvalue weighted by molar-refractivity contribution is 6.32. The van der Waals surface area contributed by atoms with Crippen molar-refractivity contribution in [3.63, 3.8) is 0 Å². The third-order valence-corrected chi connectivity index (χ3v) is 6.14. The molecule has 0 N–H and O–H groups in total. The van der Waals surface area contributed by atoms with Crippen molar-refractivity contribution in [3.8, 4) is 5.75 Å². The van der Waals surface area contributed by atoms with Crippen molar-refractivity contribution in [2.45, 2.75) is 57.2 Å². The number of rotatable bonds is 5. The van der Waals surface area contributed by atoms with E-state index in [1.807, 2.05) is 34.8 Å². The number of aryl methyl sites for hydroxylation is 1. The van der Waals surface area contributed by atoms with Crippen LogP contribution in [0.3, 0.4) is 0 Å².